The van der Waals surface area contributed by atoms with Gasteiger partial charge in [0.05, 0.1) is 19.8 Å². The molecule has 2 aromatic rings. The number of nitrogens with one attached hydrogen (secondary N) is 2. The number of methoxy groups -OCH3 is 1. The van der Waals surface area contributed by atoms with Gasteiger partial charge in [-0.1, -0.05) is 12.1 Å². The normalized spacial score (nSPS) is 13.8. The molecule has 1 aliphatic rings. The smallest absolute Gasteiger partial charge is 0.387 e. The molecule has 2 aromatic carbocycles. The lowest BCUT2D eigenvalue weighted by atomic mass is 10.1. The number of benzene rings is 2. The monoisotopic (exact) mass is 437 g/mol. The summed E-state index contributed by atoms with van der Waals surface area (Å²) in [5.74, 6) is 1.87. The predicted molar refractivity (Wildman–Crippen MR) is 110 cm³/mol. The van der Waals surface area contributed by atoms with Crippen LogP contribution in [0.4, 0.5) is 8.78 Å². The molecule has 0 saturated heterocycles. The molecule has 0 spiro atoms. The Bertz CT molecular complexity index is 893. The second kappa shape index (κ2) is 10.7. The fourth-order valence-corrected chi connectivity index (χ4v) is 2.94. The molecule has 0 aliphatic carbocycles. The first-order chi connectivity index (χ1) is 15.0. The minimum atomic E-state index is -2.98. The highest BCUT2D eigenvalue weighted by molar-refractivity contribution is 5.79. The highest BCUT2D eigenvalue weighted by Gasteiger charge is 2.20. The molecule has 0 radical (unpaired) electrons. The van der Waals surface area contributed by atoms with Crippen molar-refractivity contribution in [2.75, 3.05) is 27.0 Å². The van der Waals surface area contributed by atoms with Crippen LogP contribution in [0, 0.1) is 0 Å². The molecule has 0 saturated carbocycles. The molecule has 0 bridgehead atoms. The molecule has 168 valence electrons. The summed E-state index contributed by atoms with van der Waals surface area (Å²) in [5, 5.41) is 16.5. The Morgan fingerprint density at radius 3 is 2.52 bits per heavy atom. The first kappa shape index (κ1) is 22.4. The quantitative estimate of drug-likeness (QED) is 0.410. The van der Waals surface area contributed by atoms with E-state index in [0.717, 1.165) is 0 Å². The van der Waals surface area contributed by atoms with E-state index in [0.29, 0.717) is 40.9 Å². The minimum absolute atomic E-state index is 0.0175. The largest absolute Gasteiger partial charge is 0.497 e. The van der Waals surface area contributed by atoms with Gasteiger partial charge in [-0.3, -0.25) is 0 Å². The first-order valence-electron chi connectivity index (χ1n) is 9.71. The number of halogens is 2. The molecule has 0 fully saturated rings. The van der Waals surface area contributed by atoms with Crippen molar-refractivity contribution in [3.63, 3.8) is 0 Å². The van der Waals surface area contributed by atoms with Crippen LogP contribution in [0.5, 0.6) is 23.0 Å². The molecule has 0 amide bonds. The van der Waals surface area contributed by atoms with Gasteiger partial charge in [0.2, 0.25) is 6.79 Å². The lowest BCUT2D eigenvalue weighted by Gasteiger charge is -2.16. The summed E-state index contributed by atoms with van der Waals surface area (Å²) in [5.41, 5.74) is 1.13. The second-order valence-electron chi connectivity index (χ2n) is 6.56. The van der Waals surface area contributed by atoms with Crippen molar-refractivity contribution in [3.8, 4) is 23.0 Å². The number of aliphatic imine (C=N–C) groups is 1. The fraction of sp³-hybridized carbons (Fsp3) is 0.381. The van der Waals surface area contributed by atoms with Gasteiger partial charge in [-0.25, -0.2) is 4.99 Å². The van der Waals surface area contributed by atoms with Crippen LogP contribution in [0.1, 0.15) is 24.2 Å². The number of ether oxygens (including phenoxy) is 4. The summed E-state index contributed by atoms with van der Waals surface area (Å²) < 4.78 is 45.9. The van der Waals surface area contributed by atoms with Crippen molar-refractivity contribution in [1.29, 1.82) is 0 Å². The maximum atomic E-state index is 12.8. The molecule has 3 N–H and O–H groups in total. The van der Waals surface area contributed by atoms with E-state index in [1.807, 2.05) is 6.92 Å². The summed E-state index contributed by atoms with van der Waals surface area (Å²) in [6.45, 7) is -0.251. The van der Waals surface area contributed by atoms with E-state index >= 15 is 0 Å². The lowest BCUT2D eigenvalue weighted by Crippen LogP contribution is -2.39. The van der Waals surface area contributed by atoms with Crippen molar-refractivity contribution < 1.29 is 32.8 Å². The van der Waals surface area contributed by atoms with E-state index in [-0.39, 0.29) is 25.6 Å². The van der Waals surface area contributed by atoms with E-state index in [4.69, 9.17) is 14.2 Å². The Labute approximate surface area is 178 Å². The Balaban J connectivity index is 1.69. The third kappa shape index (κ3) is 6.11. The number of nitrogens with zero attached hydrogens (tertiary/aromatic N) is 1. The van der Waals surface area contributed by atoms with Gasteiger partial charge in [-0.15, -0.1) is 0 Å². The second-order valence-corrected chi connectivity index (χ2v) is 6.56. The zero-order valence-corrected chi connectivity index (χ0v) is 17.2. The van der Waals surface area contributed by atoms with E-state index in [1.165, 1.54) is 6.07 Å². The number of hydrogen-bond donors (Lipinski definition) is 3. The molecule has 1 unspecified atom stereocenters. The molecular weight excluding hydrogens is 412 g/mol. The average molecular weight is 437 g/mol. The van der Waals surface area contributed by atoms with E-state index in [2.05, 4.69) is 20.4 Å². The zero-order chi connectivity index (χ0) is 22.2. The number of aliphatic hydroxyl groups excluding tert-OH is 1. The van der Waals surface area contributed by atoms with Gasteiger partial charge in [0.15, 0.2) is 17.5 Å². The minimum Gasteiger partial charge on any atom is -0.497 e. The Morgan fingerprint density at radius 1 is 1.16 bits per heavy atom. The summed E-state index contributed by atoms with van der Waals surface area (Å²) in [6, 6.07) is 10.0. The maximum absolute atomic E-state index is 12.8. The molecule has 1 heterocycles. The summed E-state index contributed by atoms with van der Waals surface area (Å²) in [4.78, 5) is 4.41. The number of hydrogen-bond acceptors (Lipinski definition) is 6. The highest BCUT2D eigenvalue weighted by atomic mass is 19.3. The van der Waals surface area contributed by atoms with Gasteiger partial charge in [0.1, 0.15) is 11.5 Å². The van der Waals surface area contributed by atoms with Gasteiger partial charge in [-0.2, -0.15) is 8.78 Å². The van der Waals surface area contributed by atoms with Crippen molar-refractivity contribution in [2.24, 2.45) is 4.99 Å². The lowest BCUT2D eigenvalue weighted by molar-refractivity contribution is -0.0505. The third-order valence-electron chi connectivity index (χ3n) is 4.49. The van der Waals surface area contributed by atoms with E-state index in [9.17, 15) is 13.9 Å². The topological polar surface area (TPSA) is 93.6 Å². The van der Waals surface area contributed by atoms with E-state index < -0.39 is 12.7 Å². The van der Waals surface area contributed by atoms with Gasteiger partial charge >= 0.3 is 6.61 Å². The molecule has 31 heavy (non-hydrogen) atoms. The molecule has 3 rings (SSSR count). The van der Waals surface area contributed by atoms with Gasteiger partial charge in [-0.05, 0) is 30.7 Å². The van der Waals surface area contributed by atoms with Crippen molar-refractivity contribution >= 4 is 5.96 Å². The highest BCUT2D eigenvalue weighted by Crippen LogP contribution is 2.39. The predicted octanol–water partition coefficient (Wildman–Crippen LogP) is 2.81. The van der Waals surface area contributed by atoms with Crippen LogP contribution >= 0.6 is 0 Å². The van der Waals surface area contributed by atoms with Gasteiger partial charge < -0.3 is 34.7 Å². The van der Waals surface area contributed by atoms with Crippen LogP contribution in [-0.2, 0) is 6.54 Å². The standard InChI is InChI=1S/C21H25F2N3O5/c1-3-24-21(26-11-16(27)13-4-6-15(28-2)7-5-13)25-10-14-8-18-19(30-12-29-18)9-17(14)31-20(22)23/h4-9,16,20,27H,3,10-12H2,1-2H3,(H2,24,25,26). The summed E-state index contributed by atoms with van der Waals surface area (Å²) >= 11 is 0. The van der Waals surface area contributed by atoms with Crippen LogP contribution in [0.25, 0.3) is 0 Å². The van der Waals surface area contributed by atoms with Crippen molar-refractivity contribution in [1.82, 2.24) is 10.6 Å². The summed E-state index contributed by atoms with van der Waals surface area (Å²) in [7, 11) is 1.57. The van der Waals surface area contributed by atoms with Gasteiger partial charge in [0.25, 0.3) is 0 Å². The third-order valence-corrected chi connectivity index (χ3v) is 4.49. The molecule has 10 heteroatoms. The van der Waals surface area contributed by atoms with Crippen LogP contribution in [0.2, 0.25) is 0 Å². The number of aliphatic hydroxyl groups is 1. The Kier molecular flexibility index (Phi) is 7.71. The Hall–Kier alpha value is -3.27. The molecule has 8 nitrogen and oxygen atoms in total. The number of fused-ring (bicyclic) bond motifs is 1. The summed E-state index contributed by atoms with van der Waals surface area (Å²) in [6.07, 6.45) is -0.780. The fourth-order valence-electron chi connectivity index (χ4n) is 2.94. The van der Waals surface area contributed by atoms with E-state index in [1.54, 1.807) is 37.4 Å². The van der Waals surface area contributed by atoms with Gasteiger partial charge in [0, 0.05) is 24.7 Å². The zero-order valence-electron chi connectivity index (χ0n) is 17.2. The molecule has 1 aliphatic heterocycles. The SMILES string of the molecule is CCNC(=NCc1cc2c(cc1OC(F)F)OCO2)NCC(O)c1ccc(OC)cc1. The van der Waals surface area contributed by atoms with Crippen LogP contribution in [0.3, 0.4) is 0 Å². The number of alkyl halides is 2. The first-order valence-corrected chi connectivity index (χ1v) is 9.71. The van der Waals surface area contributed by atoms with Crippen molar-refractivity contribution in [2.45, 2.75) is 26.2 Å². The Morgan fingerprint density at radius 2 is 1.87 bits per heavy atom. The van der Waals surface area contributed by atoms with Crippen molar-refractivity contribution in [3.05, 3.63) is 47.5 Å². The molecule has 1 atom stereocenters. The van der Waals surface area contributed by atoms with Crippen LogP contribution in [0.15, 0.2) is 41.4 Å². The number of guanidine groups is 1. The maximum Gasteiger partial charge on any atom is 0.387 e. The number of rotatable bonds is 9. The average Bonchev–Trinajstić information content (AvgIpc) is 3.22. The molecular formula is C21H25F2N3O5. The molecule has 0 aromatic heterocycles. The van der Waals surface area contributed by atoms with Crippen LogP contribution < -0.4 is 29.6 Å². The van der Waals surface area contributed by atoms with Crippen LogP contribution in [-0.4, -0.2) is 44.7 Å².